The van der Waals surface area contributed by atoms with E-state index in [0.717, 1.165) is 24.0 Å². The van der Waals surface area contributed by atoms with Crippen LogP contribution in [-0.2, 0) is 12.8 Å². The minimum absolute atomic E-state index is 0.00353. The van der Waals surface area contributed by atoms with Crippen molar-refractivity contribution < 1.29 is 29.9 Å². The Morgan fingerprint density at radius 2 is 1.61 bits per heavy atom. The number of phenols is 2. The van der Waals surface area contributed by atoms with Crippen molar-refractivity contribution in [3.05, 3.63) is 69.8 Å². The largest absolute Gasteiger partial charge is 0.507 e. The summed E-state index contributed by atoms with van der Waals surface area (Å²) in [6.45, 7) is 12.2. The van der Waals surface area contributed by atoms with E-state index < -0.39 is 23.2 Å². The van der Waals surface area contributed by atoms with Crippen LogP contribution in [0.3, 0.4) is 0 Å². The van der Waals surface area contributed by atoms with E-state index in [1.165, 1.54) is 11.1 Å². The standard InChI is InChI=1S/C35H46O6/c1-21(2)9-8-10-22(3)11-14-26-27(36)16-24(17-28(26)37)13-12-23-15-25-19-31-34(4,5)33(39)29(38)20-35(31,6)41-32(25)30(18-23)40-7/h9,11-13,15-18,29,31,33,36-39H,8,10,14,19-20H2,1-7H3/t29-,31-,33-,35-/m1/s1. The lowest BCUT2D eigenvalue weighted by atomic mass is 9.57. The van der Waals surface area contributed by atoms with Crippen LogP contribution in [-0.4, -0.2) is 45.3 Å². The molecule has 2 aromatic carbocycles. The highest BCUT2D eigenvalue weighted by Gasteiger charge is 2.58. The molecular weight excluding hydrogens is 516 g/mol. The number of allylic oxidation sites excluding steroid dienone is 4. The van der Waals surface area contributed by atoms with E-state index in [1.54, 1.807) is 19.2 Å². The van der Waals surface area contributed by atoms with Crippen LogP contribution in [0.15, 0.2) is 47.6 Å². The second-order valence-electron chi connectivity index (χ2n) is 12.9. The molecule has 6 heteroatoms. The van der Waals surface area contributed by atoms with Gasteiger partial charge in [0.05, 0.1) is 19.3 Å². The van der Waals surface area contributed by atoms with Gasteiger partial charge in [0.15, 0.2) is 11.5 Å². The minimum Gasteiger partial charge on any atom is -0.507 e. The van der Waals surface area contributed by atoms with Crippen LogP contribution in [0.1, 0.15) is 83.1 Å². The molecule has 6 nitrogen and oxygen atoms in total. The molecule has 1 fully saturated rings. The number of aliphatic hydroxyl groups excluding tert-OH is 2. The van der Waals surface area contributed by atoms with E-state index in [-0.39, 0.29) is 17.4 Å². The van der Waals surface area contributed by atoms with Gasteiger partial charge in [-0.05, 0) is 94.3 Å². The lowest BCUT2D eigenvalue weighted by molar-refractivity contribution is -0.187. The molecule has 4 atom stereocenters. The van der Waals surface area contributed by atoms with Gasteiger partial charge in [-0.1, -0.05) is 49.3 Å². The fraction of sp³-hybridized carbons (Fsp3) is 0.486. The van der Waals surface area contributed by atoms with Crippen molar-refractivity contribution in [2.75, 3.05) is 7.11 Å². The van der Waals surface area contributed by atoms with Gasteiger partial charge in [0.2, 0.25) is 0 Å². The highest BCUT2D eigenvalue weighted by atomic mass is 16.5. The lowest BCUT2D eigenvalue weighted by Crippen LogP contribution is -2.63. The maximum Gasteiger partial charge on any atom is 0.165 e. The van der Waals surface area contributed by atoms with E-state index >= 15 is 0 Å². The Morgan fingerprint density at radius 1 is 0.976 bits per heavy atom. The van der Waals surface area contributed by atoms with Crippen LogP contribution in [0, 0.1) is 11.3 Å². The molecule has 4 N–H and O–H groups in total. The number of rotatable bonds is 8. The van der Waals surface area contributed by atoms with Crippen LogP contribution < -0.4 is 9.47 Å². The van der Waals surface area contributed by atoms with E-state index in [1.807, 2.05) is 39.0 Å². The average Bonchev–Trinajstić information content (AvgIpc) is 2.89. The van der Waals surface area contributed by atoms with E-state index in [0.29, 0.717) is 41.9 Å². The summed E-state index contributed by atoms with van der Waals surface area (Å²) in [5.41, 5.74) is 4.42. The molecule has 1 aliphatic carbocycles. The van der Waals surface area contributed by atoms with Crippen molar-refractivity contribution in [3.63, 3.8) is 0 Å². The third-order valence-corrected chi connectivity index (χ3v) is 8.95. The summed E-state index contributed by atoms with van der Waals surface area (Å²) in [6, 6.07) is 7.28. The molecule has 2 aromatic rings. The zero-order valence-electron chi connectivity index (χ0n) is 25.5. The van der Waals surface area contributed by atoms with E-state index in [2.05, 4.69) is 39.0 Å². The Bertz CT molecular complexity index is 1340. The molecule has 41 heavy (non-hydrogen) atoms. The van der Waals surface area contributed by atoms with Crippen molar-refractivity contribution in [1.29, 1.82) is 0 Å². The monoisotopic (exact) mass is 562 g/mol. The molecular formula is C35H46O6. The Hall–Kier alpha value is -3.22. The van der Waals surface area contributed by atoms with Gasteiger partial charge in [0.25, 0.3) is 0 Å². The molecule has 1 saturated carbocycles. The van der Waals surface area contributed by atoms with Gasteiger partial charge in [0, 0.05) is 23.3 Å². The second kappa shape index (κ2) is 11.9. The Morgan fingerprint density at radius 3 is 2.22 bits per heavy atom. The van der Waals surface area contributed by atoms with Crippen molar-refractivity contribution in [2.24, 2.45) is 11.3 Å². The summed E-state index contributed by atoms with van der Waals surface area (Å²) in [4.78, 5) is 0. The number of methoxy groups -OCH3 is 1. The smallest absolute Gasteiger partial charge is 0.165 e. The summed E-state index contributed by atoms with van der Waals surface area (Å²) < 4.78 is 12.2. The van der Waals surface area contributed by atoms with Gasteiger partial charge >= 0.3 is 0 Å². The Kier molecular flexibility index (Phi) is 8.95. The molecule has 2 aliphatic rings. The maximum atomic E-state index is 10.8. The zero-order chi connectivity index (χ0) is 30.1. The van der Waals surface area contributed by atoms with Crippen LogP contribution in [0.4, 0.5) is 0 Å². The first-order valence-corrected chi connectivity index (χ1v) is 14.5. The molecule has 4 rings (SSSR count). The quantitative estimate of drug-likeness (QED) is 0.205. The first-order valence-electron chi connectivity index (χ1n) is 14.5. The molecule has 0 amide bonds. The van der Waals surface area contributed by atoms with Gasteiger partial charge < -0.3 is 29.9 Å². The number of hydrogen-bond donors (Lipinski definition) is 4. The number of aliphatic hydroxyl groups is 2. The molecule has 0 saturated heterocycles. The average molecular weight is 563 g/mol. The maximum absolute atomic E-state index is 10.8. The summed E-state index contributed by atoms with van der Waals surface area (Å²) >= 11 is 0. The highest BCUT2D eigenvalue weighted by molar-refractivity contribution is 5.73. The van der Waals surface area contributed by atoms with E-state index in [4.69, 9.17) is 9.47 Å². The number of benzene rings is 2. The summed E-state index contributed by atoms with van der Waals surface area (Å²) in [6.07, 6.45) is 9.77. The van der Waals surface area contributed by atoms with Gasteiger partial charge in [-0.2, -0.15) is 0 Å². The predicted octanol–water partition coefficient (Wildman–Crippen LogP) is 6.97. The van der Waals surface area contributed by atoms with Crippen molar-refractivity contribution in [3.8, 4) is 23.0 Å². The number of ether oxygens (including phenoxy) is 2. The summed E-state index contributed by atoms with van der Waals surface area (Å²) in [5.74, 6) is 1.40. The van der Waals surface area contributed by atoms with E-state index in [9.17, 15) is 20.4 Å². The number of phenolic OH excluding ortho intramolecular Hbond substituents is 2. The molecule has 0 spiro atoms. The van der Waals surface area contributed by atoms with Crippen molar-refractivity contribution >= 4 is 12.2 Å². The van der Waals surface area contributed by atoms with Crippen molar-refractivity contribution in [1.82, 2.24) is 0 Å². The van der Waals surface area contributed by atoms with Gasteiger partial charge in [-0.3, -0.25) is 0 Å². The number of fused-ring (bicyclic) bond motifs is 2. The first-order chi connectivity index (χ1) is 19.2. The SMILES string of the molecule is COc1cc(C=Cc2cc(O)c(CC=C(C)CCC=C(C)C)c(O)c2)cc2c1O[C@]1(C)C[C@@H](O)[C@@H](O)C(C)(C)[C@H]1C2. The molecule has 1 aliphatic heterocycles. The summed E-state index contributed by atoms with van der Waals surface area (Å²) in [7, 11) is 1.61. The number of hydrogen-bond acceptors (Lipinski definition) is 6. The third-order valence-electron chi connectivity index (χ3n) is 8.95. The first kappa shape index (κ1) is 30.7. The molecule has 0 unspecified atom stereocenters. The molecule has 0 aromatic heterocycles. The minimum atomic E-state index is -0.854. The lowest BCUT2D eigenvalue weighted by Gasteiger charge is -2.56. The van der Waals surface area contributed by atoms with Crippen LogP contribution in [0.2, 0.25) is 0 Å². The zero-order valence-corrected chi connectivity index (χ0v) is 25.5. The molecule has 0 radical (unpaired) electrons. The molecule has 222 valence electrons. The Balaban J connectivity index is 1.56. The Labute approximate surface area is 244 Å². The normalized spacial score (nSPS) is 25.3. The number of aromatic hydroxyl groups is 2. The molecule has 0 bridgehead atoms. The van der Waals surface area contributed by atoms with Gasteiger partial charge in [-0.15, -0.1) is 0 Å². The predicted molar refractivity (Wildman–Crippen MR) is 164 cm³/mol. The highest BCUT2D eigenvalue weighted by Crippen LogP contribution is 2.55. The topological polar surface area (TPSA) is 99.4 Å². The van der Waals surface area contributed by atoms with Crippen molar-refractivity contribution in [2.45, 2.75) is 91.5 Å². The second-order valence-corrected chi connectivity index (χ2v) is 12.9. The van der Waals surface area contributed by atoms with Crippen LogP contribution >= 0.6 is 0 Å². The van der Waals surface area contributed by atoms with Gasteiger partial charge in [0.1, 0.15) is 17.1 Å². The van der Waals surface area contributed by atoms with Crippen LogP contribution in [0.5, 0.6) is 23.0 Å². The summed E-state index contributed by atoms with van der Waals surface area (Å²) in [5, 5.41) is 42.7. The third kappa shape index (κ3) is 6.49. The fourth-order valence-corrected chi connectivity index (χ4v) is 6.53. The molecule has 1 heterocycles. The fourth-order valence-electron chi connectivity index (χ4n) is 6.53. The van der Waals surface area contributed by atoms with Gasteiger partial charge in [-0.25, -0.2) is 0 Å². The van der Waals surface area contributed by atoms with Crippen LogP contribution in [0.25, 0.3) is 12.2 Å².